The molecule has 0 amide bonds. The zero-order valence-corrected chi connectivity index (χ0v) is 16.7. The Kier molecular flexibility index (Phi) is 4.44. The number of fused-ring (bicyclic) bond motifs is 3. The number of benzene rings is 1. The third kappa shape index (κ3) is 3.00. The van der Waals surface area contributed by atoms with Gasteiger partial charge in [0.15, 0.2) is 5.84 Å². The predicted octanol–water partition coefficient (Wildman–Crippen LogP) is 3.78. The number of anilines is 1. The number of nitrogens with zero attached hydrogens (tertiary/aromatic N) is 3. The van der Waals surface area contributed by atoms with Gasteiger partial charge in [0.2, 0.25) is 0 Å². The molecule has 2 N–H and O–H groups in total. The van der Waals surface area contributed by atoms with Gasteiger partial charge < -0.3 is 5.11 Å². The molecule has 6 nitrogen and oxygen atoms in total. The maximum Gasteiger partial charge on any atom is 0.306 e. The number of hydrogen-bond acceptors (Lipinski definition) is 6. The van der Waals surface area contributed by atoms with Crippen LogP contribution in [0.1, 0.15) is 34.9 Å². The predicted molar refractivity (Wildman–Crippen MR) is 109 cm³/mol. The molecule has 2 aromatic rings. The van der Waals surface area contributed by atoms with Gasteiger partial charge in [-0.25, -0.2) is 0 Å². The molecule has 1 aromatic carbocycles. The lowest BCUT2D eigenvalue weighted by Crippen LogP contribution is -2.41. The summed E-state index contributed by atoms with van der Waals surface area (Å²) in [5, 5.41) is 15.5. The van der Waals surface area contributed by atoms with Crippen molar-refractivity contribution in [1.29, 1.82) is 0 Å². The summed E-state index contributed by atoms with van der Waals surface area (Å²) in [4.78, 5) is 19.7. The number of amidine groups is 1. The standard InChI is InChI=1S/C19H19ClN4O2S/c1-9-10(2)27-19-16(9)17(12-4-6-13(20)7-5-12)21-14(8-15(25)26)18-23-22-11(3)24(18)19/h4-7,11,14,22H,8H2,1-3H3,(H,25,26). The van der Waals surface area contributed by atoms with Crippen LogP contribution in [0.4, 0.5) is 5.00 Å². The molecule has 1 aromatic heterocycles. The molecule has 0 radical (unpaired) electrons. The molecule has 0 bridgehead atoms. The van der Waals surface area contributed by atoms with Gasteiger partial charge in [-0.2, -0.15) is 5.10 Å². The highest BCUT2D eigenvalue weighted by atomic mass is 35.5. The van der Waals surface area contributed by atoms with E-state index in [1.54, 1.807) is 11.3 Å². The Bertz CT molecular complexity index is 980. The molecule has 0 saturated heterocycles. The minimum absolute atomic E-state index is 0.0627. The number of aryl methyl sites for hydroxylation is 1. The first kappa shape index (κ1) is 18.0. The molecule has 2 unspecified atom stereocenters. The lowest BCUT2D eigenvalue weighted by molar-refractivity contribution is -0.137. The molecular formula is C19H19ClN4O2S. The van der Waals surface area contributed by atoms with Crippen LogP contribution in [0.2, 0.25) is 5.02 Å². The van der Waals surface area contributed by atoms with Crippen LogP contribution in [-0.2, 0) is 4.79 Å². The monoisotopic (exact) mass is 402 g/mol. The fourth-order valence-corrected chi connectivity index (χ4v) is 4.82. The van der Waals surface area contributed by atoms with Crippen molar-refractivity contribution >= 4 is 45.5 Å². The van der Waals surface area contributed by atoms with Crippen molar-refractivity contribution in [3.63, 3.8) is 0 Å². The molecule has 0 aliphatic carbocycles. The second-order valence-corrected chi connectivity index (χ2v) is 8.35. The number of hydrazone groups is 1. The molecule has 0 fully saturated rings. The van der Waals surface area contributed by atoms with E-state index >= 15 is 0 Å². The topological polar surface area (TPSA) is 77.3 Å². The molecule has 140 valence electrons. The molecule has 0 spiro atoms. The number of carboxylic acid groups (broad SMARTS) is 1. The molecule has 3 heterocycles. The molecule has 8 heteroatoms. The molecule has 2 atom stereocenters. The van der Waals surface area contributed by atoms with Crippen LogP contribution in [-0.4, -0.2) is 34.8 Å². The summed E-state index contributed by atoms with van der Waals surface area (Å²) in [6.07, 6.45) is -0.180. The van der Waals surface area contributed by atoms with Gasteiger partial charge in [0.05, 0.1) is 12.1 Å². The Balaban J connectivity index is 1.98. The maximum absolute atomic E-state index is 11.5. The second-order valence-electron chi connectivity index (χ2n) is 6.71. The number of thiophene rings is 1. The van der Waals surface area contributed by atoms with E-state index < -0.39 is 12.0 Å². The average molecular weight is 403 g/mol. The highest BCUT2D eigenvalue weighted by Crippen LogP contribution is 2.41. The van der Waals surface area contributed by atoms with Gasteiger partial charge in [-0.3, -0.25) is 20.1 Å². The number of rotatable bonds is 3. The molecular weight excluding hydrogens is 384 g/mol. The van der Waals surface area contributed by atoms with Gasteiger partial charge in [0, 0.05) is 21.0 Å². The number of carbonyl (C=O) groups is 1. The van der Waals surface area contributed by atoms with Crippen LogP contribution >= 0.6 is 22.9 Å². The van der Waals surface area contributed by atoms with Crippen molar-refractivity contribution in [2.75, 3.05) is 4.90 Å². The van der Waals surface area contributed by atoms with Gasteiger partial charge in [-0.15, -0.1) is 11.3 Å². The summed E-state index contributed by atoms with van der Waals surface area (Å²) in [7, 11) is 0. The second kappa shape index (κ2) is 6.65. The lowest BCUT2D eigenvalue weighted by atomic mass is 9.99. The molecule has 2 aliphatic heterocycles. The largest absolute Gasteiger partial charge is 0.481 e. The number of nitrogens with one attached hydrogen (secondary N) is 1. The summed E-state index contributed by atoms with van der Waals surface area (Å²) in [5.74, 6) is -0.254. The van der Waals surface area contributed by atoms with Crippen LogP contribution in [0.15, 0.2) is 34.4 Å². The van der Waals surface area contributed by atoms with Crippen molar-refractivity contribution in [1.82, 2.24) is 5.43 Å². The Morgan fingerprint density at radius 1 is 1.33 bits per heavy atom. The van der Waals surface area contributed by atoms with Crippen molar-refractivity contribution < 1.29 is 9.90 Å². The van der Waals surface area contributed by atoms with Crippen LogP contribution in [0.5, 0.6) is 0 Å². The van der Waals surface area contributed by atoms with Gasteiger partial charge >= 0.3 is 5.97 Å². The average Bonchev–Trinajstić information content (AvgIpc) is 3.08. The zero-order chi connectivity index (χ0) is 19.3. The number of carboxylic acids is 1. The Labute approximate surface area is 166 Å². The van der Waals surface area contributed by atoms with Crippen LogP contribution in [0.3, 0.4) is 0 Å². The molecule has 0 saturated carbocycles. The van der Waals surface area contributed by atoms with E-state index in [9.17, 15) is 9.90 Å². The van der Waals surface area contributed by atoms with Crippen molar-refractivity contribution in [2.24, 2.45) is 10.1 Å². The van der Waals surface area contributed by atoms with E-state index in [0.29, 0.717) is 10.9 Å². The third-order valence-electron chi connectivity index (χ3n) is 4.89. The highest BCUT2D eigenvalue weighted by molar-refractivity contribution is 7.17. The van der Waals surface area contributed by atoms with E-state index in [2.05, 4.69) is 29.3 Å². The highest BCUT2D eigenvalue weighted by Gasteiger charge is 2.39. The third-order valence-corrected chi connectivity index (χ3v) is 6.35. The van der Waals surface area contributed by atoms with Crippen LogP contribution < -0.4 is 10.3 Å². The fourth-order valence-electron chi connectivity index (χ4n) is 3.45. The van der Waals surface area contributed by atoms with Crippen molar-refractivity contribution in [2.45, 2.75) is 39.4 Å². The summed E-state index contributed by atoms with van der Waals surface area (Å²) < 4.78 is 0. The molecule has 2 aliphatic rings. The zero-order valence-electron chi connectivity index (χ0n) is 15.2. The van der Waals surface area contributed by atoms with Crippen molar-refractivity contribution in [3.05, 3.63) is 50.9 Å². The SMILES string of the molecule is Cc1sc2c(c1C)C(c1ccc(Cl)cc1)=NC(CC(=O)O)C1=NNC(C)N12. The fraction of sp³-hybridized carbons (Fsp3) is 0.316. The summed E-state index contributed by atoms with van der Waals surface area (Å²) in [6.45, 7) is 6.18. The van der Waals surface area contributed by atoms with Gasteiger partial charge in [0.1, 0.15) is 17.2 Å². The number of aliphatic carboxylic acids is 1. The molecule has 27 heavy (non-hydrogen) atoms. The minimum atomic E-state index is -0.903. The van der Waals surface area contributed by atoms with Gasteiger partial charge in [-0.05, 0) is 38.5 Å². The van der Waals surface area contributed by atoms with Gasteiger partial charge in [0.25, 0.3) is 0 Å². The number of hydrogen-bond donors (Lipinski definition) is 2. The van der Waals surface area contributed by atoms with E-state index in [0.717, 1.165) is 27.4 Å². The Morgan fingerprint density at radius 2 is 2.04 bits per heavy atom. The van der Waals surface area contributed by atoms with E-state index in [-0.39, 0.29) is 12.6 Å². The summed E-state index contributed by atoms with van der Waals surface area (Å²) in [6, 6.07) is 6.94. The number of halogens is 1. The lowest BCUT2D eigenvalue weighted by Gasteiger charge is -2.24. The van der Waals surface area contributed by atoms with Crippen LogP contribution in [0, 0.1) is 13.8 Å². The Morgan fingerprint density at radius 3 is 2.70 bits per heavy atom. The first-order valence-electron chi connectivity index (χ1n) is 8.65. The smallest absolute Gasteiger partial charge is 0.306 e. The normalized spacial score (nSPS) is 21.0. The number of aliphatic imine (C=N–C) groups is 1. The van der Waals surface area contributed by atoms with Crippen molar-refractivity contribution in [3.8, 4) is 0 Å². The Hall–Kier alpha value is -2.38. The van der Waals surface area contributed by atoms with E-state index in [1.165, 1.54) is 4.88 Å². The van der Waals surface area contributed by atoms with Gasteiger partial charge in [-0.1, -0.05) is 23.7 Å². The first-order valence-corrected chi connectivity index (χ1v) is 9.84. The summed E-state index contributed by atoms with van der Waals surface area (Å²) in [5.41, 5.74) is 6.96. The maximum atomic E-state index is 11.5. The summed E-state index contributed by atoms with van der Waals surface area (Å²) >= 11 is 7.75. The van der Waals surface area contributed by atoms with E-state index in [1.807, 2.05) is 31.2 Å². The van der Waals surface area contributed by atoms with E-state index in [4.69, 9.17) is 16.6 Å². The quantitative estimate of drug-likeness (QED) is 0.818. The van der Waals surface area contributed by atoms with Crippen LogP contribution in [0.25, 0.3) is 0 Å². The molecule has 4 rings (SSSR count). The first-order chi connectivity index (χ1) is 12.9. The minimum Gasteiger partial charge on any atom is -0.481 e.